The number of hydrogen-bond acceptors (Lipinski definition) is 4. The molecule has 0 radical (unpaired) electrons. The van der Waals surface area contributed by atoms with Crippen molar-refractivity contribution in [2.45, 2.75) is 19.4 Å². The lowest BCUT2D eigenvalue weighted by molar-refractivity contribution is 0.115. The van der Waals surface area contributed by atoms with Gasteiger partial charge in [0.15, 0.2) is 0 Å². The topological polar surface area (TPSA) is 51.4 Å². The monoisotopic (exact) mass is 259 g/mol. The third kappa shape index (κ3) is 2.79. The Kier molecular flexibility index (Phi) is 3.62. The lowest BCUT2D eigenvalue weighted by atomic mass is 10.1. The van der Waals surface area contributed by atoms with E-state index in [9.17, 15) is 0 Å². The van der Waals surface area contributed by atoms with Gasteiger partial charge in [0, 0.05) is 17.1 Å². The molecule has 2 N–H and O–H groups in total. The van der Waals surface area contributed by atoms with Crippen LogP contribution < -0.4 is 10.5 Å². The molecule has 1 heterocycles. The first-order chi connectivity index (χ1) is 8.92. The van der Waals surface area contributed by atoms with Gasteiger partial charge < -0.3 is 15.4 Å². The molecule has 0 saturated carbocycles. The second-order valence-electron chi connectivity index (χ2n) is 5.55. The summed E-state index contributed by atoms with van der Waals surface area (Å²) in [4.78, 5) is 6.45. The van der Waals surface area contributed by atoms with Gasteiger partial charge in [-0.05, 0) is 52.2 Å². The number of hydrogen-bond donors (Lipinski definition) is 1. The van der Waals surface area contributed by atoms with Crippen molar-refractivity contribution in [1.82, 2.24) is 9.88 Å². The maximum atomic E-state index is 5.96. The molecule has 1 aromatic heterocycles. The molecular formula is C15H21N3O. The van der Waals surface area contributed by atoms with Crippen LogP contribution >= 0.6 is 0 Å². The molecule has 0 aliphatic heterocycles. The summed E-state index contributed by atoms with van der Waals surface area (Å²) in [6.45, 7) is 4.89. The number of nitrogens with two attached hydrogens (primary N) is 1. The molecule has 0 bridgehead atoms. The van der Waals surface area contributed by atoms with Crippen LogP contribution in [0, 0.1) is 0 Å². The summed E-state index contributed by atoms with van der Waals surface area (Å²) in [6.07, 6.45) is 1.74. The van der Waals surface area contributed by atoms with E-state index in [0.717, 1.165) is 16.7 Å². The van der Waals surface area contributed by atoms with Crippen LogP contribution in [0.3, 0.4) is 0 Å². The fourth-order valence-corrected chi connectivity index (χ4v) is 1.68. The average molecular weight is 259 g/mol. The standard InChI is InChI=1S/C15H21N3O/c1-15(2,18(3)4)10-19-13-8-7-12(16)14-11(13)6-5-9-17-14/h5-9H,10,16H2,1-4H3. The molecule has 2 aromatic rings. The summed E-state index contributed by atoms with van der Waals surface area (Å²) in [5, 5.41) is 0.956. The van der Waals surface area contributed by atoms with Crippen molar-refractivity contribution in [2.75, 3.05) is 26.4 Å². The van der Waals surface area contributed by atoms with E-state index in [4.69, 9.17) is 10.5 Å². The summed E-state index contributed by atoms with van der Waals surface area (Å²) in [5.74, 6) is 0.826. The van der Waals surface area contributed by atoms with Gasteiger partial charge in [0.1, 0.15) is 12.4 Å². The molecule has 0 amide bonds. The number of ether oxygens (including phenoxy) is 1. The molecule has 2 rings (SSSR count). The van der Waals surface area contributed by atoms with Gasteiger partial charge >= 0.3 is 0 Å². The molecule has 0 aliphatic rings. The fourth-order valence-electron chi connectivity index (χ4n) is 1.68. The Balaban J connectivity index is 2.29. The van der Waals surface area contributed by atoms with E-state index in [1.54, 1.807) is 6.20 Å². The maximum absolute atomic E-state index is 5.96. The quantitative estimate of drug-likeness (QED) is 0.857. The number of aromatic nitrogens is 1. The predicted octanol–water partition coefficient (Wildman–Crippen LogP) is 2.54. The Morgan fingerprint density at radius 1 is 1.26 bits per heavy atom. The van der Waals surface area contributed by atoms with Crippen LogP contribution in [-0.4, -0.2) is 36.1 Å². The van der Waals surface area contributed by atoms with E-state index in [0.29, 0.717) is 12.3 Å². The van der Waals surface area contributed by atoms with Gasteiger partial charge in [-0.2, -0.15) is 0 Å². The molecular weight excluding hydrogens is 238 g/mol. The summed E-state index contributed by atoms with van der Waals surface area (Å²) < 4.78 is 5.96. The van der Waals surface area contributed by atoms with Crippen LogP contribution in [0.15, 0.2) is 30.5 Å². The molecule has 0 unspecified atom stereocenters. The van der Waals surface area contributed by atoms with E-state index < -0.39 is 0 Å². The first-order valence-electron chi connectivity index (χ1n) is 6.35. The van der Waals surface area contributed by atoms with Gasteiger partial charge in [-0.1, -0.05) is 0 Å². The molecule has 19 heavy (non-hydrogen) atoms. The minimum absolute atomic E-state index is 0.0318. The second-order valence-corrected chi connectivity index (χ2v) is 5.55. The lowest BCUT2D eigenvalue weighted by Crippen LogP contribution is -2.43. The number of likely N-dealkylation sites (N-methyl/N-ethyl adjacent to an activating group) is 1. The number of nitrogen functional groups attached to an aromatic ring is 1. The highest BCUT2D eigenvalue weighted by Crippen LogP contribution is 2.29. The Hall–Kier alpha value is -1.81. The highest BCUT2D eigenvalue weighted by Gasteiger charge is 2.21. The zero-order valence-electron chi connectivity index (χ0n) is 12.0. The normalized spacial score (nSPS) is 12.1. The molecule has 0 atom stereocenters. The van der Waals surface area contributed by atoms with Crippen molar-refractivity contribution in [3.8, 4) is 5.75 Å². The summed E-state index contributed by atoms with van der Waals surface area (Å²) in [5.41, 5.74) is 7.37. The molecule has 102 valence electrons. The van der Waals surface area contributed by atoms with Crippen LogP contribution in [0.4, 0.5) is 5.69 Å². The summed E-state index contributed by atoms with van der Waals surface area (Å²) in [7, 11) is 4.10. The van der Waals surface area contributed by atoms with Crippen molar-refractivity contribution in [3.63, 3.8) is 0 Å². The minimum Gasteiger partial charge on any atom is -0.491 e. The van der Waals surface area contributed by atoms with Crippen LogP contribution in [-0.2, 0) is 0 Å². The second kappa shape index (κ2) is 5.05. The van der Waals surface area contributed by atoms with Gasteiger partial charge in [-0.15, -0.1) is 0 Å². The number of rotatable bonds is 4. The SMILES string of the molecule is CN(C)C(C)(C)COc1ccc(N)c2ncccc12. The number of benzene rings is 1. The van der Waals surface area contributed by atoms with Gasteiger partial charge in [-0.3, -0.25) is 4.98 Å². The molecule has 0 aliphatic carbocycles. The maximum Gasteiger partial charge on any atom is 0.128 e. The zero-order valence-corrected chi connectivity index (χ0v) is 12.0. The molecule has 0 saturated heterocycles. The van der Waals surface area contributed by atoms with E-state index in [2.05, 4.69) is 23.7 Å². The van der Waals surface area contributed by atoms with Crippen molar-refractivity contribution in [1.29, 1.82) is 0 Å². The number of fused-ring (bicyclic) bond motifs is 1. The van der Waals surface area contributed by atoms with Gasteiger partial charge in [-0.25, -0.2) is 0 Å². The smallest absolute Gasteiger partial charge is 0.128 e. The Labute approximate surface area is 114 Å². The summed E-state index contributed by atoms with van der Waals surface area (Å²) >= 11 is 0. The van der Waals surface area contributed by atoms with E-state index in [-0.39, 0.29) is 5.54 Å². The van der Waals surface area contributed by atoms with Crippen LogP contribution in [0.1, 0.15) is 13.8 Å². The van der Waals surface area contributed by atoms with E-state index in [1.807, 2.05) is 38.4 Å². The predicted molar refractivity (Wildman–Crippen MR) is 79.4 cm³/mol. The molecule has 4 nitrogen and oxygen atoms in total. The van der Waals surface area contributed by atoms with Crippen LogP contribution in [0.25, 0.3) is 10.9 Å². The van der Waals surface area contributed by atoms with Crippen molar-refractivity contribution in [2.24, 2.45) is 0 Å². The van der Waals surface area contributed by atoms with E-state index in [1.165, 1.54) is 0 Å². The Morgan fingerprint density at radius 3 is 2.68 bits per heavy atom. The molecule has 4 heteroatoms. The largest absolute Gasteiger partial charge is 0.491 e. The zero-order chi connectivity index (χ0) is 14.0. The van der Waals surface area contributed by atoms with Crippen molar-refractivity contribution >= 4 is 16.6 Å². The Morgan fingerprint density at radius 2 is 2.00 bits per heavy atom. The number of nitrogens with zero attached hydrogens (tertiary/aromatic N) is 2. The lowest BCUT2D eigenvalue weighted by Gasteiger charge is -2.32. The van der Waals surface area contributed by atoms with Crippen molar-refractivity contribution in [3.05, 3.63) is 30.5 Å². The first kappa shape index (κ1) is 13.6. The van der Waals surface area contributed by atoms with Gasteiger partial charge in [0.25, 0.3) is 0 Å². The van der Waals surface area contributed by atoms with Gasteiger partial charge in [0.05, 0.1) is 11.2 Å². The highest BCUT2D eigenvalue weighted by molar-refractivity contribution is 5.93. The minimum atomic E-state index is -0.0318. The van der Waals surface area contributed by atoms with Gasteiger partial charge in [0.2, 0.25) is 0 Å². The average Bonchev–Trinajstić information content (AvgIpc) is 2.38. The first-order valence-corrected chi connectivity index (χ1v) is 6.35. The number of anilines is 1. The Bertz CT molecular complexity index is 579. The molecule has 1 aromatic carbocycles. The fraction of sp³-hybridized carbons (Fsp3) is 0.400. The number of pyridine rings is 1. The van der Waals surface area contributed by atoms with Crippen LogP contribution in [0.5, 0.6) is 5.75 Å². The van der Waals surface area contributed by atoms with Crippen molar-refractivity contribution < 1.29 is 4.74 Å². The molecule has 0 fully saturated rings. The third-order valence-corrected chi connectivity index (χ3v) is 3.55. The highest BCUT2D eigenvalue weighted by atomic mass is 16.5. The molecule has 0 spiro atoms. The van der Waals surface area contributed by atoms with Crippen LogP contribution in [0.2, 0.25) is 0 Å². The summed E-state index contributed by atoms with van der Waals surface area (Å²) in [6, 6.07) is 7.63. The van der Waals surface area contributed by atoms with E-state index >= 15 is 0 Å². The third-order valence-electron chi connectivity index (χ3n) is 3.55.